The van der Waals surface area contributed by atoms with Gasteiger partial charge in [-0.3, -0.25) is 9.78 Å². The van der Waals surface area contributed by atoms with Crippen LogP contribution in [0, 0.1) is 6.92 Å². The van der Waals surface area contributed by atoms with Crippen LogP contribution < -0.4 is 5.32 Å². The summed E-state index contributed by atoms with van der Waals surface area (Å²) in [6, 6.07) is 15.9. The number of methoxy groups -OCH3 is 1. The molecule has 0 spiro atoms. The summed E-state index contributed by atoms with van der Waals surface area (Å²) >= 11 is 0. The first-order valence-corrected chi connectivity index (χ1v) is 17.6. The number of nitrogens with zero attached hydrogens (tertiary/aromatic N) is 5. The summed E-state index contributed by atoms with van der Waals surface area (Å²) in [4.78, 5) is 41.0. The van der Waals surface area contributed by atoms with Crippen molar-refractivity contribution in [3.05, 3.63) is 77.7 Å². The number of benzene rings is 2. The average Bonchev–Trinajstić information content (AvgIpc) is 3.73. The maximum absolute atomic E-state index is 13.5. The monoisotopic (exact) mass is 693 g/mol. The number of hydrogen-bond acceptors (Lipinski definition) is 8. The molecule has 0 radical (unpaired) electrons. The molecule has 1 saturated heterocycles. The summed E-state index contributed by atoms with van der Waals surface area (Å²) in [5, 5.41) is 8.90. The standard InChI is InChI=1S/C39H47N7O5/c1-7-45(38(48)51-39(3,4)5)24-28-22-40-23-30(25(28)2)27-16-17-31-29(21-27)34(44-46(31)32-15-11-12-19-50-32)36-42-33(26-13-9-8-10-14-26)35(43-36)37(47)41-18-20-49-6/h8-10,13-14,16-17,21-23,32H,7,11-12,15,18-20,24H2,1-6H3,(H,41,47)(H,42,43). The lowest BCUT2D eigenvalue weighted by molar-refractivity contribution is -0.0365. The van der Waals surface area contributed by atoms with Gasteiger partial charge in [0, 0.05) is 55.7 Å². The molecule has 0 bridgehead atoms. The van der Waals surface area contributed by atoms with Crippen LogP contribution in [0.2, 0.25) is 0 Å². The first kappa shape index (κ1) is 35.7. The zero-order valence-corrected chi connectivity index (χ0v) is 30.3. The minimum atomic E-state index is -0.593. The van der Waals surface area contributed by atoms with Gasteiger partial charge in [-0.05, 0) is 82.7 Å². The van der Waals surface area contributed by atoms with Crippen LogP contribution in [0.3, 0.4) is 0 Å². The largest absolute Gasteiger partial charge is 0.444 e. The molecule has 2 amide bonds. The number of H-pyrrole nitrogens is 1. The van der Waals surface area contributed by atoms with Crippen molar-refractivity contribution in [2.45, 2.75) is 72.3 Å². The second kappa shape index (κ2) is 15.4. The number of pyridine rings is 1. The Kier molecular flexibility index (Phi) is 10.8. The van der Waals surface area contributed by atoms with Crippen LogP contribution in [-0.2, 0) is 20.8 Å². The molecule has 1 atom stereocenters. The van der Waals surface area contributed by atoms with Crippen molar-refractivity contribution in [3.63, 3.8) is 0 Å². The Balaban J connectivity index is 1.44. The number of amides is 2. The van der Waals surface area contributed by atoms with E-state index in [0.717, 1.165) is 58.0 Å². The molecule has 2 aromatic carbocycles. The molecule has 0 aliphatic carbocycles. The van der Waals surface area contributed by atoms with Crippen LogP contribution in [-0.4, -0.2) is 80.6 Å². The van der Waals surface area contributed by atoms with E-state index in [2.05, 4.69) is 33.5 Å². The highest BCUT2D eigenvalue weighted by atomic mass is 16.6. The van der Waals surface area contributed by atoms with Gasteiger partial charge in [-0.2, -0.15) is 5.10 Å². The molecule has 1 fully saturated rings. The highest BCUT2D eigenvalue weighted by molar-refractivity contribution is 6.01. The van der Waals surface area contributed by atoms with E-state index in [0.29, 0.717) is 55.8 Å². The predicted molar refractivity (Wildman–Crippen MR) is 196 cm³/mol. The van der Waals surface area contributed by atoms with Gasteiger partial charge < -0.3 is 29.4 Å². The molecule has 2 N–H and O–H groups in total. The fourth-order valence-electron chi connectivity index (χ4n) is 6.29. The SMILES string of the molecule is CCN(Cc1cncc(-c2ccc3c(c2)c(-c2nc(-c4ccccc4)c(C(=O)NCCOC)[nH]2)nn3C2CCCCO2)c1C)C(=O)OC(C)(C)C. The highest BCUT2D eigenvalue weighted by Crippen LogP contribution is 2.37. The predicted octanol–water partition coefficient (Wildman–Crippen LogP) is 7.30. The van der Waals surface area contributed by atoms with Gasteiger partial charge in [-0.1, -0.05) is 36.4 Å². The van der Waals surface area contributed by atoms with E-state index in [-0.39, 0.29) is 18.2 Å². The van der Waals surface area contributed by atoms with Crippen molar-refractivity contribution in [1.82, 2.24) is 34.9 Å². The van der Waals surface area contributed by atoms with Crippen molar-refractivity contribution >= 4 is 22.9 Å². The fourth-order valence-corrected chi connectivity index (χ4v) is 6.29. The molecule has 1 unspecified atom stereocenters. The van der Waals surface area contributed by atoms with Gasteiger partial charge >= 0.3 is 6.09 Å². The van der Waals surface area contributed by atoms with Crippen LogP contribution in [0.4, 0.5) is 4.79 Å². The van der Waals surface area contributed by atoms with E-state index in [9.17, 15) is 9.59 Å². The number of aromatic nitrogens is 5. The van der Waals surface area contributed by atoms with Crippen molar-refractivity contribution in [2.24, 2.45) is 0 Å². The second-order valence-corrected chi connectivity index (χ2v) is 13.7. The second-order valence-electron chi connectivity index (χ2n) is 13.7. The number of carbonyl (C=O) groups excluding carboxylic acids is 2. The Labute approximate surface area is 298 Å². The molecule has 268 valence electrons. The Morgan fingerprint density at radius 3 is 2.59 bits per heavy atom. The van der Waals surface area contributed by atoms with Gasteiger partial charge in [-0.25, -0.2) is 14.5 Å². The van der Waals surface area contributed by atoms with Crippen molar-refractivity contribution in [3.8, 4) is 33.9 Å². The van der Waals surface area contributed by atoms with Gasteiger partial charge in [0.05, 0.1) is 18.7 Å². The fraction of sp³-hybridized carbons (Fsp3) is 0.410. The lowest BCUT2D eigenvalue weighted by atomic mass is 9.97. The summed E-state index contributed by atoms with van der Waals surface area (Å²) in [7, 11) is 1.60. The summed E-state index contributed by atoms with van der Waals surface area (Å²) < 4.78 is 19.0. The maximum atomic E-state index is 13.5. The number of aromatic amines is 1. The molecule has 4 heterocycles. The molecule has 5 aromatic rings. The van der Waals surface area contributed by atoms with E-state index < -0.39 is 5.60 Å². The van der Waals surface area contributed by atoms with E-state index >= 15 is 0 Å². The zero-order valence-electron chi connectivity index (χ0n) is 30.3. The van der Waals surface area contributed by atoms with Gasteiger partial charge in [0.2, 0.25) is 0 Å². The summed E-state index contributed by atoms with van der Waals surface area (Å²) in [5.74, 6) is 0.192. The first-order chi connectivity index (χ1) is 24.6. The minimum Gasteiger partial charge on any atom is -0.444 e. The summed E-state index contributed by atoms with van der Waals surface area (Å²) in [5.41, 5.74) is 6.41. The molecule has 12 nitrogen and oxygen atoms in total. The number of hydrogen-bond donors (Lipinski definition) is 2. The molecule has 0 saturated carbocycles. The van der Waals surface area contributed by atoms with Gasteiger partial charge in [0.1, 0.15) is 22.7 Å². The van der Waals surface area contributed by atoms with Crippen molar-refractivity contribution in [2.75, 3.05) is 33.4 Å². The summed E-state index contributed by atoms with van der Waals surface area (Å²) in [6.45, 7) is 11.9. The normalized spacial score (nSPS) is 14.8. The van der Waals surface area contributed by atoms with Crippen LogP contribution in [0.5, 0.6) is 0 Å². The summed E-state index contributed by atoms with van der Waals surface area (Å²) in [6.07, 6.45) is 5.97. The van der Waals surface area contributed by atoms with Crippen molar-refractivity contribution < 1.29 is 23.8 Å². The average molecular weight is 694 g/mol. The van der Waals surface area contributed by atoms with Crippen LogP contribution in [0.25, 0.3) is 44.8 Å². The van der Waals surface area contributed by atoms with Gasteiger partial charge in [0.15, 0.2) is 12.1 Å². The van der Waals surface area contributed by atoms with Crippen LogP contribution in [0.15, 0.2) is 60.9 Å². The Bertz CT molecular complexity index is 1990. The lowest BCUT2D eigenvalue weighted by Crippen LogP contribution is -2.36. The third-order valence-corrected chi connectivity index (χ3v) is 8.95. The van der Waals surface area contributed by atoms with E-state index in [1.54, 1.807) is 18.2 Å². The van der Waals surface area contributed by atoms with E-state index in [4.69, 9.17) is 24.3 Å². The Morgan fingerprint density at radius 2 is 1.88 bits per heavy atom. The lowest BCUT2D eigenvalue weighted by Gasteiger charge is -2.27. The molecule has 3 aromatic heterocycles. The molecule has 51 heavy (non-hydrogen) atoms. The Hall–Kier alpha value is -5.07. The number of imidazole rings is 1. The number of rotatable bonds is 11. The quantitative estimate of drug-likeness (QED) is 0.138. The van der Waals surface area contributed by atoms with E-state index in [1.807, 2.05) is 75.8 Å². The minimum absolute atomic E-state index is 0.221. The molecule has 1 aliphatic heterocycles. The van der Waals surface area contributed by atoms with Crippen LogP contribution in [0.1, 0.15) is 74.8 Å². The maximum Gasteiger partial charge on any atom is 0.410 e. The third-order valence-electron chi connectivity index (χ3n) is 8.95. The third kappa shape index (κ3) is 7.97. The molecular formula is C39H47N7O5. The number of fused-ring (bicyclic) bond motifs is 1. The molecular weight excluding hydrogens is 646 g/mol. The molecule has 1 aliphatic rings. The first-order valence-electron chi connectivity index (χ1n) is 17.6. The van der Waals surface area contributed by atoms with Crippen LogP contribution >= 0.6 is 0 Å². The van der Waals surface area contributed by atoms with Crippen molar-refractivity contribution in [1.29, 1.82) is 0 Å². The zero-order chi connectivity index (χ0) is 36.1. The topological polar surface area (TPSA) is 136 Å². The Morgan fingerprint density at radius 1 is 1.08 bits per heavy atom. The number of nitrogens with one attached hydrogen (secondary N) is 2. The van der Waals surface area contributed by atoms with E-state index in [1.165, 1.54) is 0 Å². The smallest absolute Gasteiger partial charge is 0.410 e. The number of ether oxygens (including phenoxy) is 3. The number of carbonyl (C=O) groups is 2. The highest BCUT2D eigenvalue weighted by Gasteiger charge is 2.27. The van der Waals surface area contributed by atoms with Gasteiger partial charge in [0.25, 0.3) is 5.91 Å². The molecule has 6 rings (SSSR count). The molecule has 12 heteroatoms. The van der Waals surface area contributed by atoms with Gasteiger partial charge in [-0.15, -0.1) is 0 Å².